The molecule has 3 nitrogen and oxygen atoms in total. The number of halogens is 1. The molecule has 0 saturated carbocycles. The highest BCUT2D eigenvalue weighted by Crippen LogP contribution is 2.16. The lowest BCUT2D eigenvalue weighted by atomic mass is 10.0. The lowest BCUT2D eigenvalue weighted by Crippen LogP contribution is -2.32. The standard InChI is InChI=1S/C14H20BrNO2/c15-13-3-5-14(6-4-13)18-9-8-17-11-12-2-1-7-16-10-12/h3-6,12,16H,1-2,7-11H2. The maximum Gasteiger partial charge on any atom is 0.119 e. The lowest BCUT2D eigenvalue weighted by Gasteiger charge is -2.22. The van der Waals surface area contributed by atoms with Crippen molar-refractivity contribution in [2.75, 3.05) is 32.9 Å². The van der Waals surface area contributed by atoms with Gasteiger partial charge in [0.25, 0.3) is 0 Å². The summed E-state index contributed by atoms with van der Waals surface area (Å²) in [6.07, 6.45) is 2.55. The summed E-state index contributed by atoms with van der Waals surface area (Å²) in [5.41, 5.74) is 0. The second kappa shape index (κ2) is 7.77. The van der Waals surface area contributed by atoms with Crippen LogP contribution in [0, 0.1) is 5.92 Å². The lowest BCUT2D eigenvalue weighted by molar-refractivity contribution is 0.0671. The highest BCUT2D eigenvalue weighted by atomic mass is 79.9. The second-order valence-corrected chi connectivity index (χ2v) is 5.51. The number of hydrogen-bond acceptors (Lipinski definition) is 3. The van der Waals surface area contributed by atoms with Gasteiger partial charge in [-0.1, -0.05) is 15.9 Å². The van der Waals surface area contributed by atoms with E-state index in [-0.39, 0.29) is 0 Å². The van der Waals surface area contributed by atoms with Crippen molar-refractivity contribution in [2.24, 2.45) is 5.92 Å². The molecule has 0 bridgehead atoms. The number of benzene rings is 1. The first kappa shape index (κ1) is 13.8. The first-order chi connectivity index (χ1) is 8.84. The fraction of sp³-hybridized carbons (Fsp3) is 0.571. The van der Waals surface area contributed by atoms with Crippen molar-refractivity contribution in [3.63, 3.8) is 0 Å². The fourth-order valence-corrected chi connectivity index (χ4v) is 2.33. The topological polar surface area (TPSA) is 30.5 Å². The molecule has 1 aromatic rings. The summed E-state index contributed by atoms with van der Waals surface area (Å²) in [6, 6.07) is 7.86. The predicted molar refractivity (Wildman–Crippen MR) is 76.0 cm³/mol. The Kier molecular flexibility index (Phi) is 5.97. The Hall–Kier alpha value is -0.580. The van der Waals surface area contributed by atoms with Gasteiger partial charge in [0.2, 0.25) is 0 Å². The molecular weight excluding hydrogens is 294 g/mol. The molecule has 1 aliphatic rings. The van der Waals surface area contributed by atoms with Crippen LogP contribution in [-0.2, 0) is 4.74 Å². The maximum atomic E-state index is 5.64. The zero-order chi connectivity index (χ0) is 12.6. The smallest absolute Gasteiger partial charge is 0.119 e. The minimum absolute atomic E-state index is 0.613. The third kappa shape index (κ3) is 4.96. The van der Waals surface area contributed by atoms with Gasteiger partial charge in [-0.15, -0.1) is 0 Å². The van der Waals surface area contributed by atoms with E-state index in [0.717, 1.165) is 29.9 Å². The quantitative estimate of drug-likeness (QED) is 0.819. The summed E-state index contributed by atoms with van der Waals surface area (Å²) in [7, 11) is 0. The van der Waals surface area contributed by atoms with Gasteiger partial charge in [-0.2, -0.15) is 0 Å². The Labute approximate surface area is 117 Å². The molecule has 100 valence electrons. The zero-order valence-electron chi connectivity index (χ0n) is 10.5. The van der Waals surface area contributed by atoms with E-state index in [2.05, 4.69) is 21.2 Å². The minimum Gasteiger partial charge on any atom is -0.491 e. The molecule has 0 radical (unpaired) electrons. The molecule has 1 aromatic carbocycles. The number of nitrogens with one attached hydrogen (secondary N) is 1. The Balaban J connectivity index is 1.54. The summed E-state index contributed by atoms with van der Waals surface area (Å²) in [5.74, 6) is 1.56. The van der Waals surface area contributed by atoms with E-state index in [1.54, 1.807) is 0 Å². The van der Waals surface area contributed by atoms with Gasteiger partial charge >= 0.3 is 0 Å². The normalized spacial score (nSPS) is 19.7. The van der Waals surface area contributed by atoms with Crippen LogP contribution in [0.4, 0.5) is 0 Å². The minimum atomic E-state index is 0.613. The van der Waals surface area contributed by atoms with E-state index < -0.39 is 0 Å². The van der Waals surface area contributed by atoms with Crippen LogP contribution in [0.3, 0.4) is 0 Å². The summed E-state index contributed by atoms with van der Waals surface area (Å²) in [4.78, 5) is 0. The Bertz CT molecular complexity index is 336. The highest BCUT2D eigenvalue weighted by Gasteiger charge is 2.12. The van der Waals surface area contributed by atoms with Crippen LogP contribution in [0.1, 0.15) is 12.8 Å². The first-order valence-corrected chi connectivity index (χ1v) is 7.31. The van der Waals surface area contributed by atoms with E-state index in [4.69, 9.17) is 9.47 Å². The van der Waals surface area contributed by atoms with Gasteiger partial charge in [0.05, 0.1) is 13.2 Å². The van der Waals surface area contributed by atoms with Gasteiger partial charge < -0.3 is 14.8 Å². The van der Waals surface area contributed by atoms with Crippen LogP contribution >= 0.6 is 15.9 Å². The van der Waals surface area contributed by atoms with Crippen LogP contribution in [0.5, 0.6) is 5.75 Å². The Morgan fingerprint density at radius 1 is 1.22 bits per heavy atom. The van der Waals surface area contributed by atoms with Crippen molar-refractivity contribution in [1.29, 1.82) is 0 Å². The Morgan fingerprint density at radius 3 is 2.78 bits per heavy atom. The highest BCUT2D eigenvalue weighted by molar-refractivity contribution is 9.10. The summed E-state index contributed by atoms with van der Waals surface area (Å²) >= 11 is 3.40. The van der Waals surface area contributed by atoms with E-state index in [0.29, 0.717) is 19.1 Å². The van der Waals surface area contributed by atoms with Gasteiger partial charge in [0, 0.05) is 11.0 Å². The van der Waals surface area contributed by atoms with Crippen molar-refractivity contribution in [1.82, 2.24) is 5.32 Å². The monoisotopic (exact) mass is 313 g/mol. The number of rotatable bonds is 6. The predicted octanol–water partition coefficient (Wildman–Crippen LogP) is 2.84. The molecule has 4 heteroatoms. The van der Waals surface area contributed by atoms with E-state index in [1.165, 1.54) is 12.8 Å². The van der Waals surface area contributed by atoms with Crippen LogP contribution < -0.4 is 10.1 Å². The SMILES string of the molecule is Brc1ccc(OCCOCC2CCCNC2)cc1. The maximum absolute atomic E-state index is 5.64. The van der Waals surface area contributed by atoms with Crippen LogP contribution in [0.25, 0.3) is 0 Å². The molecule has 1 saturated heterocycles. The average molecular weight is 314 g/mol. The summed E-state index contributed by atoms with van der Waals surface area (Å²) in [6.45, 7) is 4.36. The first-order valence-electron chi connectivity index (χ1n) is 6.51. The fourth-order valence-electron chi connectivity index (χ4n) is 2.07. The molecular formula is C14H20BrNO2. The number of ether oxygens (including phenoxy) is 2. The Morgan fingerprint density at radius 2 is 2.06 bits per heavy atom. The van der Waals surface area contributed by atoms with Gasteiger partial charge in [-0.3, -0.25) is 0 Å². The van der Waals surface area contributed by atoms with Crippen molar-refractivity contribution in [3.8, 4) is 5.75 Å². The van der Waals surface area contributed by atoms with E-state index >= 15 is 0 Å². The second-order valence-electron chi connectivity index (χ2n) is 4.59. The van der Waals surface area contributed by atoms with Crippen molar-refractivity contribution in [2.45, 2.75) is 12.8 Å². The third-order valence-electron chi connectivity index (χ3n) is 3.06. The van der Waals surface area contributed by atoms with Gasteiger partial charge in [0.15, 0.2) is 0 Å². The number of piperidine rings is 1. The molecule has 1 heterocycles. The third-order valence-corrected chi connectivity index (χ3v) is 3.59. The average Bonchev–Trinajstić information content (AvgIpc) is 2.42. The van der Waals surface area contributed by atoms with Crippen molar-refractivity contribution < 1.29 is 9.47 Å². The van der Waals surface area contributed by atoms with Gasteiger partial charge in [0.1, 0.15) is 12.4 Å². The van der Waals surface area contributed by atoms with Crippen LogP contribution in [-0.4, -0.2) is 32.9 Å². The van der Waals surface area contributed by atoms with E-state index in [1.807, 2.05) is 24.3 Å². The molecule has 0 amide bonds. The van der Waals surface area contributed by atoms with Gasteiger partial charge in [-0.05, 0) is 49.6 Å². The molecule has 0 spiro atoms. The zero-order valence-corrected chi connectivity index (χ0v) is 12.1. The molecule has 18 heavy (non-hydrogen) atoms. The van der Waals surface area contributed by atoms with Gasteiger partial charge in [-0.25, -0.2) is 0 Å². The van der Waals surface area contributed by atoms with Crippen molar-refractivity contribution in [3.05, 3.63) is 28.7 Å². The van der Waals surface area contributed by atoms with Crippen molar-refractivity contribution >= 4 is 15.9 Å². The van der Waals surface area contributed by atoms with Crippen LogP contribution in [0.15, 0.2) is 28.7 Å². The molecule has 0 aromatic heterocycles. The number of hydrogen-bond donors (Lipinski definition) is 1. The molecule has 1 aliphatic heterocycles. The molecule has 1 N–H and O–H groups in total. The molecule has 1 fully saturated rings. The van der Waals surface area contributed by atoms with E-state index in [9.17, 15) is 0 Å². The molecule has 0 aliphatic carbocycles. The summed E-state index contributed by atoms with van der Waals surface area (Å²) < 4.78 is 12.3. The summed E-state index contributed by atoms with van der Waals surface area (Å²) in [5, 5.41) is 3.39. The molecule has 1 unspecified atom stereocenters. The molecule has 2 rings (SSSR count). The molecule has 1 atom stereocenters. The van der Waals surface area contributed by atoms with Crippen LogP contribution in [0.2, 0.25) is 0 Å². The largest absolute Gasteiger partial charge is 0.491 e.